The van der Waals surface area contributed by atoms with Gasteiger partial charge in [-0.1, -0.05) is 37.3 Å². The molecule has 3 nitrogen and oxygen atoms in total. The fourth-order valence-electron chi connectivity index (χ4n) is 2.64. The maximum atomic E-state index is 12.0. The van der Waals surface area contributed by atoms with Crippen molar-refractivity contribution in [2.24, 2.45) is 0 Å². The molecule has 1 fully saturated rings. The van der Waals surface area contributed by atoms with Gasteiger partial charge in [-0.3, -0.25) is 4.79 Å². The molecule has 1 saturated heterocycles. The number of rotatable bonds is 4. The summed E-state index contributed by atoms with van der Waals surface area (Å²) in [5.74, 6) is 0.268. The van der Waals surface area contributed by atoms with Crippen molar-refractivity contribution in [2.45, 2.75) is 25.2 Å². The van der Waals surface area contributed by atoms with E-state index in [0.717, 1.165) is 26.1 Å². The van der Waals surface area contributed by atoms with Crippen LogP contribution in [0.3, 0.4) is 0 Å². The van der Waals surface area contributed by atoms with Gasteiger partial charge in [0.05, 0.1) is 0 Å². The van der Waals surface area contributed by atoms with E-state index in [1.807, 2.05) is 18.0 Å². The summed E-state index contributed by atoms with van der Waals surface area (Å²) in [5, 5.41) is 3.03. The topological polar surface area (TPSA) is 32.3 Å². The molecule has 98 valence electrons. The Morgan fingerprint density at radius 2 is 2.11 bits per heavy atom. The van der Waals surface area contributed by atoms with E-state index in [4.69, 9.17) is 0 Å². The lowest BCUT2D eigenvalue weighted by atomic mass is 9.82. The Kier molecular flexibility index (Phi) is 4.02. The predicted octanol–water partition coefficient (Wildman–Crippen LogP) is 1.79. The zero-order valence-electron chi connectivity index (χ0n) is 11.3. The van der Waals surface area contributed by atoms with Crippen molar-refractivity contribution in [1.29, 1.82) is 0 Å². The number of amides is 1. The number of hydrogen-bond donors (Lipinski definition) is 1. The van der Waals surface area contributed by atoms with E-state index in [2.05, 4.69) is 36.5 Å². The molecule has 0 aliphatic carbocycles. The number of benzene rings is 1. The molecule has 0 saturated carbocycles. The third-order valence-corrected chi connectivity index (χ3v) is 3.89. The third kappa shape index (κ3) is 2.72. The van der Waals surface area contributed by atoms with Crippen LogP contribution < -0.4 is 5.32 Å². The average Bonchev–Trinajstić information content (AvgIpc) is 2.81. The second-order valence-electron chi connectivity index (χ2n) is 5.35. The molecule has 18 heavy (non-hydrogen) atoms. The first-order chi connectivity index (χ1) is 8.65. The second-order valence-corrected chi connectivity index (χ2v) is 5.35. The average molecular weight is 246 g/mol. The number of carbonyl (C=O) groups excluding carboxylic acids is 1. The van der Waals surface area contributed by atoms with Crippen molar-refractivity contribution in [3.05, 3.63) is 35.9 Å². The van der Waals surface area contributed by atoms with Crippen LogP contribution in [0.2, 0.25) is 0 Å². The Hall–Kier alpha value is -1.35. The Morgan fingerprint density at radius 3 is 2.78 bits per heavy atom. The lowest BCUT2D eigenvalue weighted by Crippen LogP contribution is -2.34. The minimum atomic E-state index is 0.122. The zero-order chi connectivity index (χ0) is 13.0. The quantitative estimate of drug-likeness (QED) is 0.878. The molecule has 2 rings (SSSR count). The minimum Gasteiger partial charge on any atom is -0.342 e. The number of nitrogens with one attached hydrogen (secondary N) is 1. The van der Waals surface area contributed by atoms with Crippen LogP contribution in [0.5, 0.6) is 0 Å². The largest absolute Gasteiger partial charge is 0.342 e. The molecule has 0 bridgehead atoms. The van der Waals surface area contributed by atoms with Gasteiger partial charge in [0.2, 0.25) is 5.91 Å². The molecule has 0 spiro atoms. The van der Waals surface area contributed by atoms with E-state index in [9.17, 15) is 4.79 Å². The molecule has 1 aromatic rings. The smallest absolute Gasteiger partial charge is 0.223 e. The summed E-state index contributed by atoms with van der Waals surface area (Å²) in [6.45, 7) is 4.75. The third-order valence-electron chi connectivity index (χ3n) is 3.89. The lowest BCUT2D eigenvalue weighted by Gasteiger charge is -2.25. The second kappa shape index (κ2) is 5.53. The molecule has 1 atom stereocenters. The van der Waals surface area contributed by atoms with E-state index in [-0.39, 0.29) is 11.3 Å². The summed E-state index contributed by atoms with van der Waals surface area (Å²) < 4.78 is 0. The van der Waals surface area contributed by atoms with Gasteiger partial charge in [-0.15, -0.1) is 0 Å². The highest BCUT2D eigenvalue weighted by Gasteiger charge is 2.36. The SMILES string of the molecule is CNCCC(=O)N1CCC(C)(c2ccccc2)C1. The number of carbonyl (C=O) groups is 1. The molecule has 1 aliphatic rings. The highest BCUT2D eigenvalue weighted by atomic mass is 16.2. The van der Waals surface area contributed by atoms with Gasteiger partial charge in [0, 0.05) is 31.5 Å². The van der Waals surface area contributed by atoms with Gasteiger partial charge in [0.15, 0.2) is 0 Å². The monoisotopic (exact) mass is 246 g/mol. The van der Waals surface area contributed by atoms with Crippen molar-refractivity contribution >= 4 is 5.91 Å². The summed E-state index contributed by atoms with van der Waals surface area (Å²) in [4.78, 5) is 14.0. The van der Waals surface area contributed by atoms with E-state index in [0.29, 0.717) is 6.42 Å². The maximum Gasteiger partial charge on any atom is 0.223 e. The summed E-state index contributed by atoms with van der Waals surface area (Å²) in [6, 6.07) is 10.5. The molecule has 3 heteroatoms. The van der Waals surface area contributed by atoms with Crippen LogP contribution in [0.4, 0.5) is 0 Å². The van der Waals surface area contributed by atoms with Crippen LogP contribution in [-0.4, -0.2) is 37.5 Å². The highest BCUT2D eigenvalue weighted by molar-refractivity contribution is 5.77. The predicted molar refractivity (Wildman–Crippen MR) is 73.5 cm³/mol. The summed E-state index contributed by atoms with van der Waals surface area (Å²) in [7, 11) is 1.88. The Bertz CT molecular complexity index is 404. The van der Waals surface area contributed by atoms with Gasteiger partial charge in [0.1, 0.15) is 0 Å². The number of hydrogen-bond acceptors (Lipinski definition) is 2. The van der Waals surface area contributed by atoms with Crippen LogP contribution in [0.15, 0.2) is 30.3 Å². The van der Waals surface area contributed by atoms with Gasteiger partial charge in [-0.2, -0.15) is 0 Å². The fourth-order valence-corrected chi connectivity index (χ4v) is 2.64. The Balaban J connectivity index is 2.01. The van der Waals surface area contributed by atoms with Crippen LogP contribution in [0.25, 0.3) is 0 Å². The fraction of sp³-hybridized carbons (Fsp3) is 0.533. The van der Waals surface area contributed by atoms with E-state index in [1.54, 1.807) is 0 Å². The lowest BCUT2D eigenvalue weighted by molar-refractivity contribution is -0.130. The maximum absolute atomic E-state index is 12.0. The van der Waals surface area contributed by atoms with Crippen molar-refractivity contribution in [3.8, 4) is 0 Å². The Morgan fingerprint density at radius 1 is 1.39 bits per heavy atom. The molecule has 0 aromatic heterocycles. The van der Waals surface area contributed by atoms with E-state index >= 15 is 0 Å². The molecule has 1 amide bonds. The molecule has 1 heterocycles. The van der Waals surface area contributed by atoms with Crippen LogP contribution >= 0.6 is 0 Å². The summed E-state index contributed by atoms with van der Waals surface area (Å²) in [6.07, 6.45) is 1.66. The number of nitrogens with zero attached hydrogens (tertiary/aromatic N) is 1. The zero-order valence-corrected chi connectivity index (χ0v) is 11.3. The summed E-state index contributed by atoms with van der Waals surface area (Å²) in [5.41, 5.74) is 1.46. The van der Waals surface area contributed by atoms with Crippen molar-refractivity contribution < 1.29 is 4.79 Å². The van der Waals surface area contributed by atoms with Gasteiger partial charge in [0.25, 0.3) is 0 Å². The van der Waals surface area contributed by atoms with Crippen molar-refractivity contribution in [3.63, 3.8) is 0 Å². The van der Waals surface area contributed by atoms with Crippen molar-refractivity contribution in [2.75, 3.05) is 26.7 Å². The van der Waals surface area contributed by atoms with E-state index < -0.39 is 0 Å². The first kappa shape index (κ1) is 13.1. The van der Waals surface area contributed by atoms with E-state index in [1.165, 1.54) is 5.56 Å². The van der Waals surface area contributed by atoms with Gasteiger partial charge < -0.3 is 10.2 Å². The molecule has 0 radical (unpaired) electrons. The normalized spacial score (nSPS) is 23.3. The van der Waals surface area contributed by atoms with Crippen LogP contribution in [-0.2, 0) is 10.2 Å². The standard InChI is InChI=1S/C15H22N2O/c1-15(13-6-4-3-5-7-13)9-11-17(12-15)14(18)8-10-16-2/h3-7,16H,8-12H2,1-2H3. The first-order valence-corrected chi connectivity index (χ1v) is 6.64. The van der Waals surface area contributed by atoms with Crippen LogP contribution in [0, 0.1) is 0 Å². The molecular formula is C15H22N2O. The van der Waals surface area contributed by atoms with Crippen LogP contribution in [0.1, 0.15) is 25.3 Å². The highest BCUT2D eigenvalue weighted by Crippen LogP contribution is 2.34. The van der Waals surface area contributed by atoms with Crippen molar-refractivity contribution in [1.82, 2.24) is 10.2 Å². The molecule has 1 aromatic carbocycles. The molecule has 1 unspecified atom stereocenters. The molecule has 1 aliphatic heterocycles. The number of likely N-dealkylation sites (tertiary alicyclic amines) is 1. The van der Waals surface area contributed by atoms with Gasteiger partial charge in [-0.05, 0) is 19.0 Å². The summed E-state index contributed by atoms with van der Waals surface area (Å²) >= 11 is 0. The molecular weight excluding hydrogens is 224 g/mol. The van der Waals surface area contributed by atoms with Gasteiger partial charge in [-0.25, -0.2) is 0 Å². The minimum absolute atomic E-state index is 0.122. The first-order valence-electron chi connectivity index (χ1n) is 6.64. The van der Waals surface area contributed by atoms with Gasteiger partial charge >= 0.3 is 0 Å². The Labute approximate surface area is 109 Å². The molecule has 1 N–H and O–H groups in total.